The molecule has 4 heteroatoms. The van der Waals surface area contributed by atoms with E-state index in [0.29, 0.717) is 5.92 Å². The number of rotatable bonds is 1. The molecule has 4 unspecified atom stereocenters. The second-order valence-corrected chi connectivity index (χ2v) is 6.42. The number of piperidine rings is 1. The van der Waals surface area contributed by atoms with Gasteiger partial charge in [0.2, 0.25) is 0 Å². The van der Waals surface area contributed by atoms with Crippen molar-refractivity contribution in [1.29, 1.82) is 0 Å². The van der Waals surface area contributed by atoms with Crippen molar-refractivity contribution in [1.82, 2.24) is 4.90 Å². The maximum Gasteiger partial charge on any atom is 0.128 e. The third-order valence-corrected chi connectivity index (χ3v) is 5.37. The van der Waals surface area contributed by atoms with E-state index < -0.39 is 0 Å². The van der Waals surface area contributed by atoms with Gasteiger partial charge in [-0.1, -0.05) is 6.07 Å². The molecule has 3 aliphatic heterocycles. The predicted octanol–water partition coefficient (Wildman–Crippen LogP) is 1.94. The van der Waals surface area contributed by atoms with Crippen molar-refractivity contribution in [3.8, 4) is 11.5 Å². The van der Waals surface area contributed by atoms with Crippen molar-refractivity contribution in [2.24, 2.45) is 11.7 Å². The van der Waals surface area contributed by atoms with Crippen molar-refractivity contribution >= 4 is 0 Å². The quantitative estimate of drug-likeness (QED) is 0.850. The Labute approximate surface area is 119 Å². The first-order valence-electron chi connectivity index (χ1n) is 7.55. The zero-order valence-electron chi connectivity index (χ0n) is 12.0. The summed E-state index contributed by atoms with van der Waals surface area (Å²) in [6, 6.07) is 6.10. The molecule has 2 saturated heterocycles. The Kier molecular flexibility index (Phi) is 2.72. The van der Waals surface area contributed by atoms with E-state index in [0.717, 1.165) is 36.4 Å². The summed E-state index contributed by atoms with van der Waals surface area (Å²) in [5, 5.41) is 0. The summed E-state index contributed by atoms with van der Waals surface area (Å²) in [5.74, 6) is 2.40. The predicted molar refractivity (Wildman–Crippen MR) is 77.1 cm³/mol. The van der Waals surface area contributed by atoms with Crippen LogP contribution in [0.15, 0.2) is 18.2 Å². The van der Waals surface area contributed by atoms with Crippen LogP contribution in [-0.2, 0) is 0 Å². The summed E-state index contributed by atoms with van der Waals surface area (Å²) >= 11 is 0. The summed E-state index contributed by atoms with van der Waals surface area (Å²) in [6.45, 7) is 3.53. The van der Waals surface area contributed by atoms with Crippen LogP contribution in [0.25, 0.3) is 0 Å². The smallest absolute Gasteiger partial charge is 0.128 e. The zero-order valence-corrected chi connectivity index (χ0v) is 12.0. The number of methoxy groups -OCH3 is 1. The van der Waals surface area contributed by atoms with E-state index in [1.807, 2.05) is 12.1 Å². The lowest BCUT2D eigenvalue weighted by Gasteiger charge is -2.47. The number of benzene rings is 1. The molecule has 4 rings (SSSR count). The van der Waals surface area contributed by atoms with Crippen molar-refractivity contribution in [2.45, 2.75) is 30.9 Å². The molecule has 0 saturated carbocycles. The van der Waals surface area contributed by atoms with E-state index in [9.17, 15) is 0 Å². The second-order valence-electron chi connectivity index (χ2n) is 6.42. The van der Waals surface area contributed by atoms with Crippen molar-refractivity contribution in [3.63, 3.8) is 0 Å². The molecule has 3 heterocycles. The average molecular weight is 274 g/mol. The van der Waals surface area contributed by atoms with Gasteiger partial charge < -0.3 is 20.1 Å². The van der Waals surface area contributed by atoms with Crippen LogP contribution in [0, 0.1) is 5.92 Å². The minimum absolute atomic E-state index is 0.0498. The Morgan fingerprint density at radius 3 is 3.15 bits per heavy atom. The second kappa shape index (κ2) is 4.37. The molecule has 2 bridgehead atoms. The Bertz CT molecular complexity index is 533. The van der Waals surface area contributed by atoms with E-state index in [4.69, 9.17) is 15.2 Å². The Morgan fingerprint density at radius 1 is 1.40 bits per heavy atom. The van der Waals surface area contributed by atoms with Gasteiger partial charge in [-0.3, -0.25) is 0 Å². The van der Waals surface area contributed by atoms with Gasteiger partial charge in [-0.05, 0) is 19.0 Å². The lowest BCUT2D eigenvalue weighted by molar-refractivity contribution is -0.0440. The number of nitrogens with zero attached hydrogens (tertiary/aromatic N) is 1. The summed E-state index contributed by atoms with van der Waals surface area (Å²) in [5.41, 5.74) is 7.51. The van der Waals surface area contributed by atoms with Crippen LogP contribution in [0.5, 0.6) is 11.5 Å². The van der Waals surface area contributed by atoms with Crippen molar-refractivity contribution in [3.05, 3.63) is 23.8 Å². The molecular formula is C16H22N2O2. The van der Waals surface area contributed by atoms with Crippen LogP contribution in [-0.4, -0.2) is 37.2 Å². The van der Waals surface area contributed by atoms with Crippen LogP contribution in [0.4, 0.5) is 0 Å². The molecule has 4 nitrogen and oxygen atoms in total. The van der Waals surface area contributed by atoms with Crippen LogP contribution >= 0.6 is 0 Å². The molecular weight excluding hydrogens is 252 g/mol. The molecule has 0 aromatic heterocycles. The number of ether oxygens (including phenoxy) is 2. The minimum Gasteiger partial charge on any atom is -0.497 e. The fraction of sp³-hybridized carbons (Fsp3) is 0.625. The number of hydrogen-bond acceptors (Lipinski definition) is 4. The maximum absolute atomic E-state index is 6.52. The van der Waals surface area contributed by atoms with E-state index in [-0.39, 0.29) is 11.6 Å². The SMILES string of the molecule is COc1ccc2c(c1)OC1(CCN3CCC1C3)CC2N. The minimum atomic E-state index is -0.0498. The lowest BCUT2D eigenvalue weighted by atomic mass is 9.75. The third-order valence-electron chi connectivity index (χ3n) is 5.37. The fourth-order valence-electron chi connectivity index (χ4n) is 4.20. The van der Waals surface area contributed by atoms with Gasteiger partial charge in [-0.2, -0.15) is 0 Å². The van der Waals surface area contributed by atoms with Crippen LogP contribution in [0.3, 0.4) is 0 Å². The normalized spacial score (nSPS) is 38.4. The molecule has 1 spiro atoms. The highest BCUT2D eigenvalue weighted by Gasteiger charge is 2.51. The molecule has 2 N–H and O–H groups in total. The average Bonchev–Trinajstić information content (AvgIpc) is 2.88. The highest BCUT2D eigenvalue weighted by molar-refractivity contribution is 5.44. The standard InChI is InChI=1S/C16H22N2O2/c1-19-12-2-3-13-14(17)9-16(20-15(13)8-12)5-7-18-6-4-11(16)10-18/h2-3,8,11,14H,4-7,9-10,17H2,1H3. The Morgan fingerprint density at radius 2 is 2.30 bits per heavy atom. The molecule has 20 heavy (non-hydrogen) atoms. The van der Waals surface area contributed by atoms with Crippen LogP contribution in [0.1, 0.15) is 30.9 Å². The molecule has 4 atom stereocenters. The van der Waals surface area contributed by atoms with Crippen molar-refractivity contribution < 1.29 is 9.47 Å². The summed E-state index contributed by atoms with van der Waals surface area (Å²) < 4.78 is 11.8. The summed E-state index contributed by atoms with van der Waals surface area (Å²) in [6.07, 6.45) is 3.29. The van der Waals surface area contributed by atoms with Crippen molar-refractivity contribution in [2.75, 3.05) is 26.7 Å². The van der Waals surface area contributed by atoms with Gasteiger partial charge in [0.1, 0.15) is 17.1 Å². The van der Waals surface area contributed by atoms with Gasteiger partial charge in [0, 0.05) is 49.5 Å². The first-order valence-corrected chi connectivity index (χ1v) is 7.55. The molecule has 1 aromatic rings. The monoisotopic (exact) mass is 274 g/mol. The summed E-state index contributed by atoms with van der Waals surface area (Å²) in [4.78, 5) is 2.55. The first-order chi connectivity index (χ1) is 9.70. The fourth-order valence-corrected chi connectivity index (χ4v) is 4.20. The Hall–Kier alpha value is -1.26. The molecule has 2 fully saturated rings. The lowest BCUT2D eigenvalue weighted by Crippen LogP contribution is -2.53. The van der Waals surface area contributed by atoms with Gasteiger partial charge in [-0.25, -0.2) is 0 Å². The van der Waals surface area contributed by atoms with Gasteiger partial charge >= 0.3 is 0 Å². The molecule has 0 radical (unpaired) electrons. The zero-order chi connectivity index (χ0) is 13.7. The maximum atomic E-state index is 6.52. The molecule has 0 amide bonds. The molecule has 108 valence electrons. The number of fused-ring (bicyclic) bond motifs is 4. The van der Waals surface area contributed by atoms with Gasteiger partial charge in [-0.15, -0.1) is 0 Å². The molecule has 3 aliphatic rings. The molecule has 0 aliphatic carbocycles. The van der Waals surface area contributed by atoms with Gasteiger partial charge in [0.15, 0.2) is 0 Å². The summed E-state index contributed by atoms with van der Waals surface area (Å²) in [7, 11) is 1.69. The van der Waals surface area contributed by atoms with E-state index in [1.165, 1.54) is 19.5 Å². The largest absolute Gasteiger partial charge is 0.497 e. The van der Waals surface area contributed by atoms with E-state index in [2.05, 4.69) is 11.0 Å². The van der Waals surface area contributed by atoms with Gasteiger partial charge in [0.05, 0.1) is 7.11 Å². The highest BCUT2D eigenvalue weighted by Crippen LogP contribution is 2.49. The van der Waals surface area contributed by atoms with E-state index in [1.54, 1.807) is 7.11 Å². The van der Waals surface area contributed by atoms with Crippen LogP contribution < -0.4 is 15.2 Å². The number of nitrogens with two attached hydrogens (primary N) is 1. The third kappa shape index (κ3) is 1.75. The topological polar surface area (TPSA) is 47.7 Å². The first kappa shape index (κ1) is 12.5. The Balaban J connectivity index is 1.71. The number of hydrogen-bond donors (Lipinski definition) is 1. The van der Waals surface area contributed by atoms with Crippen LogP contribution in [0.2, 0.25) is 0 Å². The van der Waals surface area contributed by atoms with E-state index >= 15 is 0 Å². The van der Waals surface area contributed by atoms with Gasteiger partial charge in [0.25, 0.3) is 0 Å². The molecule has 1 aromatic carbocycles. The highest BCUT2D eigenvalue weighted by atomic mass is 16.5.